The number of hydrogen-bond donors (Lipinski definition) is 0. The second-order valence-electron chi connectivity index (χ2n) is 7.79. The third-order valence-electron chi connectivity index (χ3n) is 4.87. The van der Waals surface area contributed by atoms with Gasteiger partial charge in [0.05, 0.1) is 0 Å². The zero-order chi connectivity index (χ0) is 35.2. The van der Waals surface area contributed by atoms with E-state index in [9.17, 15) is 95.6 Å². The van der Waals surface area contributed by atoms with Crippen LogP contribution in [0.1, 0.15) is 16.7 Å². The number of hydrogen-bond acceptors (Lipinski definition) is 6. The van der Waals surface area contributed by atoms with Gasteiger partial charge >= 0.3 is 17.4 Å². The summed E-state index contributed by atoms with van der Waals surface area (Å²) in [4.78, 5) is 30.0. The van der Waals surface area contributed by atoms with E-state index in [0.29, 0.717) is 0 Å². The van der Waals surface area contributed by atoms with E-state index in [-0.39, 0.29) is 17.4 Å². The minimum atomic E-state index is -2.33. The second kappa shape index (κ2) is 16.7. The van der Waals surface area contributed by atoms with Crippen molar-refractivity contribution >= 4 is 35.3 Å². The zero-order valence-electron chi connectivity index (χ0n) is 21.3. The molecule has 0 N–H and O–H groups in total. The second-order valence-corrected chi connectivity index (χ2v) is 7.79. The molecule has 0 fully saturated rings. The van der Waals surface area contributed by atoms with Crippen LogP contribution in [-0.2, 0) is 33.6 Å². The fraction of sp³-hybridized carbons (Fsp3) is 0.125. The van der Waals surface area contributed by atoms with Gasteiger partial charge in [0, 0.05) is 53.9 Å². The van der Waals surface area contributed by atoms with Crippen LogP contribution in [-0.4, -0.2) is 35.3 Å². The molecule has 0 heterocycles. The first kappa shape index (κ1) is 41.6. The molecule has 0 bridgehead atoms. The molecule has 0 unspecified atom stereocenters. The maximum Gasteiger partial charge on any atom is 3.00 e. The SMILES string of the molecule is O=C([O-])Cc1c(F)c(F)c(F)c(F)c1F.O=C([O-])Cc1c(F)c(F)c(F)c(F)c1F.O=C([O-])Cc1c(F)c(F)c(F)c(F)c1F.[Al+3]. The summed E-state index contributed by atoms with van der Waals surface area (Å²) in [6.45, 7) is 0. The molecular formula is C24H6AlF15O6. The van der Waals surface area contributed by atoms with E-state index in [1.54, 1.807) is 0 Å². The number of halogens is 15. The Morgan fingerprint density at radius 1 is 0.304 bits per heavy atom. The third kappa shape index (κ3) is 9.29. The molecule has 3 aromatic rings. The summed E-state index contributed by atoms with van der Waals surface area (Å²) >= 11 is 0. The molecule has 3 rings (SSSR count). The maximum absolute atomic E-state index is 12.8. The van der Waals surface area contributed by atoms with Crippen LogP contribution in [0.5, 0.6) is 0 Å². The first-order chi connectivity index (χ1) is 20.6. The summed E-state index contributed by atoms with van der Waals surface area (Å²) in [6, 6.07) is 0. The fourth-order valence-corrected chi connectivity index (χ4v) is 2.85. The minimum Gasteiger partial charge on any atom is -0.550 e. The Bertz CT molecular complexity index is 1400. The Balaban J connectivity index is 0.000000653. The molecule has 0 aliphatic rings. The molecule has 0 saturated heterocycles. The maximum atomic E-state index is 12.8. The van der Waals surface area contributed by atoms with Gasteiger partial charge in [-0.15, -0.1) is 0 Å². The number of aliphatic carboxylic acids is 3. The number of rotatable bonds is 6. The van der Waals surface area contributed by atoms with Crippen LogP contribution in [0.15, 0.2) is 0 Å². The Labute approximate surface area is 254 Å². The molecule has 22 heteroatoms. The molecule has 246 valence electrons. The molecule has 0 saturated carbocycles. The van der Waals surface area contributed by atoms with Crippen molar-refractivity contribution in [2.75, 3.05) is 0 Å². The molecule has 0 aromatic heterocycles. The molecule has 0 amide bonds. The van der Waals surface area contributed by atoms with Crippen LogP contribution in [0.3, 0.4) is 0 Å². The van der Waals surface area contributed by atoms with Crippen molar-refractivity contribution < 1.29 is 95.6 Å². The Morgan fingerprint density at radius 3 is 0.522 bits per heavy atom. The van der Waals surface area contributed by atoms with Gasteiger partial charge < -0.3 is 29.7 Å². The van der Waals surface area contributed by atoms with Crippen LogP contribution >= 0.6 is 0 Å². The van der Waals surface area contributed by atoms with Gasteiger partial charge in [0.15, 0.2) is 69.8 Å². The summed E-state index contributed by atoms with van der Waals surface area (Å²) in [5.41, 5.74) is -4.23. The van der Waals surface area contributed by atoms with E-state index in [0.717, 1.165) is 0 Å². The third-order valence-corrected chi connectivity index (χ3v) is 4.87. The van der Waals surface area contributed by atoms with Gasteiger partial charge in [0.1, 0.15) is 0 Å². The standard InChI is InChI=1S/3C8H3F5O2.Al/c3*9-4-2(1-3(14)15)5(10)7(12)8(13)6(4)11;/h3*1H2,(H,14,15);/q;;;+3/p-3. The van der Waals surface area contributed by atoms with Crippen LogP contribution in [0.2, 0.25) is 0 Å². The number of carboxylic acid groups (broad SMARTS) is 3. The monoisotopic (exact) mass is 702 g/mol. The summed E-state index contributed by atoms with van der Waals surface area (Å²) < 4.78 is 189. The van der Waals surface area contributed by atoms with Crippen molar-refractivity contribution in [1.29, 1.82) is 0 Å². The van der Waals surface area contributed by atoms with Crippen LogP contribution in [0.25, 0.3) is 0 Å². The predicted molar refractivity (Wildman–Crippen MR) is 111 cm³/mol. The summed E-state index contributed by atoms with van der Waals surface area (Å²) in [6.07, 6.45) is -4.15. The van der Waals surface area contributed by atoms with Gasteiger partial charge in [-0.25, -0.2) is 65.9 Å². The fourth-order valence-electron chi connectivity index (χ4n) is 2.85. The van der Waals surface area contributed by atoms with Gasteiger partial charge in [-0.05, 0) is 0 Å². The van der Waals surface area contributed by atoms with Crippen molar-refractivity contribution in [2.24, 2.45) is 0 Å². The number of benzene rings is 3. The van der Waals surface area contributed by atoms with Gasteiger partial charge in [-0.2, -0.15) is 0 Å². The number of carbonyl (C=O) groups excluding carboxylic acids is 3. The van der Waals surface area contributed by atoms with Gasteiger partial charge in [-0.1, -0.05) is 0 Å². The Hall–Kier alpha value is -4.45. The number of carbonyl (C=O) groups is 3. The van der Waals surface area contributed by atoms with Crippen molar-refractivity contribution in [3.8, 4) is 0 Å². The van der Waals surface area contributed by atoms with Gasteiger partial charge in [0.2, 0.25) is 17.5 Å². The average molecular weight is 702 g/mol. The molecule has 0 atom stereocenters. The van der Waals surface area contributed by atoms with Crippen LogP contribution in [0.4, 0.5) is 65.9 Å². The van der Waals surface area contributed by atoms with E-state index in [2.05, 4.69) is 0 Å². The first-order valence-electron chi connectivity index (χ1n) is 10.7. The molecule has 0 aliphatic heterocycles. The van der Waals surface area contributed by atoms with E-state index >= 15 is 0 Å². The predicted octanol–water partition coefficient (Wildman–Crippen LogP) is 1.64. The Morgan fingerprint density at radius 2 is 0.413 bits per heavy atom. The van der Waals surface area contributed by atoms with Crippen LogP contribution < -0.4 is 15.3 Å². The quantitative estimate of drug-likeness (QED) is 0.167. The van der Waals surface area contributed by atoms with Crippen LogP contribution in [0, 0.1) is 87.3 Å². The van der Waals surface area contributed by atoms with E-state index in [4.69, 9.17) is 0 Å². The van der Waals surface area contributed by atoms with E-state index in [1.807, 2.05) is 0 Å². The van der Waals surface area contributed by atoms with Crippen molar-refractivity contribution in [1.82, 2.24) is 0 Å². The van der Waals surface area contributed by atoms with Gasteiger partial charge in [0.25, 0.3) is 0 Å². The van der Waals surface area contributed by atoms with Crippen molar-refractivity contribution in [3.05, 3.63) is 104 Å². The molecule has 3 aromatic carbocycles. The van der Waals surface area contributed by atoms with Gasteiger partial charge in [-0.3, -0.25) is 0 Å². The summed E-state index contributed by atoms with van der Waals surface area (Å²) in [7, 11) is 0. The summed E-state index contributed by atoms with van der Waals surface area (Å²) in [5, 5.41) is 30.0. The first-order valence-corrected chi connectivity index (χ1v) is 10.7. The molecule has 0 radical (unpaired) electrons. The largest absolute Gasteiger partial charge is 3.00 e. The zero-order valence-corrected chi connectivity index (χ0v) is 22.5. The van der Waals surface area contributed by atoms with E-state index in [1.165, 1.54) is 0 Å². The van der Waals surface area contributed by atoms with Crippen molar-refractivity contribution in [2.45, 2.75) is 19.3 Å². The molecule has 6 nitrogen and oxygen atoms in total. The smallest absolute Gasteiger partial charge is 0.550 e. The topological polar surface area (TPSA) is 120 Å². The minimum absolute atomic E-state index is 0. The normalized spacial score (nSPS) is 10.2. The number of carboxylic acids is 3. The molecular weight excluding hydrogens is 696 g/mol. The van der Waals surface area contributed by atoms with E-state index < -0.39 is 141 Å². The molecule has 0 aliphatic carbocycles. The molecule has 46 heavy (non-hydrogen) atoms. The van der Waals surface area contributed by atoms with Crippen molar-refractivity contribution in [3.63, 3.8) is 0 Å². The Kier molecular flexibility index (Phi) is 15.1. The average Bonchev–Trinajstić information content (AvgIpc) is 2.98. The summed E-state index contributed by atoms with van der Waals surface area (Å²) in [5.74, 6) is -38.8. The molecule has 0 spiro atoms.